The lowest BCUT2D eigenvalue weighted by atomic mass is 10.0. The standard InChI is InChI=1S/C20H19N3O3/c1-14-21-20(23-26-14)19(16-10-6-7-11-17(16)25-2)22-18(24)13-12-15-8-4-3-5-9-15/h3-13,19H,1-2H3,(H,22,24)/b13-12-/t19-/m1/s1. The van der Waals surface area contributed by atoms with Crippen molar-refractivity contribution in [3.8, 4) is 5.75 Å². The van der Waals surface area contributed by atoms with Crippen molar-refractivity contribution in [2.45, 2.75) is 13.0 Å². The summed E-state index contributed by atoms with van der Waals surface area (Å²) in [4.78, 5) is 16.7. The van der Waals surface area contributed by atoms with Crippen molar-refractivity contribution in [1.82, 2.24) is 15.5 Å². The molecule has 0 saturated carbocycles. The Morgan fingerprint density at radius 1 is 1.15 bits per heavy atom. The van der Waals surface area contributed by atoms with E-state index in [1.165, 1.54) is 6.08 Å². The normalized spacial score (nSPS) is 12.1. The van der Waals surface area contributed by atoms with E-state index in [4.69, 9.17) is 9.26 Å². The van der Waals surface area contributed by atoms with Crippen molar-refractivity contribution in [3.05, 3.63) is 83.5 Å². The van der Waals surface area contributed by atoms with Crippen LogP contribution in [0.3, 0.4) is 0 Å². The second-order valence-electron chi connectivity index (χ2n) is 5.60. The molecule has 1 N–H and O–H groups in total. The number of aryl methyl sites for hydroxylation is 1. The number of methoxy groups -OCH3 is 1. The quantitative estimate of drug-likeness (QED) is 0.691. The number of carbonyl (C=O) groups excluding carboxylic acids is 1. The van der Waals surface area contributed by atoms with Crippen molar-refractivity contribution in [1.29, 1.82) is 0 Å². The summed E-state index contributed by atoms with van der Waals surface area (Å²) in [5.74, 6) is 1.15. The highest BCUT2D eigenvalue weighted by Crippen LogP contribution is 2.28. The van der Waals surface area contributed by atoms with Gasteiger partial charge in [-0.2, -0.15) is 4.98 Å². The Labute approximate surface area is 151 Å². The molecular formula is C20H19N3O3. The maximum Gasteiger partial charge on any atom is 0.244 e. The van der Waals surface area contributed by atoms with E-state index in [0.29, 0.717) is 17.5 Å². The minimum absolute atomic E-state index is 0.271. The van der Waals surface area contributed by atoms with Crippen molar-refractivity contribution in [2.24, 2.45) is 0 Å². The Kier molecular flexibility index (Phi) is 5.43. The van der Waals surface area contributed by atoms with Crippen LogP contribution in [0.5, 0.6) is 5.75 Å². The first kappa shape index (κ1) is 17.4. The van der Waals surface area contributed by atoms with Gasteiger partial charge in [-0.05, 0) is 17.7 Å². The molecule has 1 atom stereocenters. The Hall–Kier alpha value is -3.41. The second-order valence-corrected chi connectivity index (χ2v) is 5.60. The van der Waals surface area contributed by atoms with Gasteiger partial charge in [-0.3, -0.25) is 4.79 Å². The predicted molar refractivity (Wildman–Crippen MR) is 97.5 cm³/mol. The van der Waals surface area contributed by atoms with Crippen molar-refractivity contribution in [2.75, 3.05) is 7.11 Å². The Balaban J connectivity index is 1.87. The smallest absolute Gasteiger partial charge is 0.244 e. The van der Waals surface area contributed by atoms with E-state index in [1.54, 1.807) is 20.1 Å². The summed E-state index contributed by atoms with van der Waals surface area (Å²) in [6.07, 6.45) is 3.22. The molecule has 0 fully saturated rings. The molecule has 0 aliphatic rings. The topological polar surface area (TPSA) is 77.2 Å². The molecule has 0 aliphatic carbocycles. The molecule has 1 heterocycles. The third-order valence-corrected chi connectivity index (χ3v) is 3.76. The third kappa shape index (κ3) is 4.16. The average molecular weight is 349 g/mol. The van der Waals surface area contributed by atoms with Gasteiger partial charge in [0.05, 0.1) is 7.11 Å². The molecule has 0 saturated heterocycles. The predicted octanol–water partition coefficient (Wildman–Crippen LogP) is 3.31. The van der Waals surface area contributed by atoms with Gasteiger partial charge in [0.25, 0.3) is 0 Å². The monoisotopic (exact) mass is 349 g/mol. The average Bonchev–Trinajstić information content (AvgIpc) is 3.11. The number of nitrogens with zero attached hydrogens (tertiary/aromatic N) is 2. The van der Waals surface area contributed by atoms with E-state index in [-0.39, 0.29) is 5.91 Å². The minimum atomic E-state index is -0.587. The molecule has 1 aromatic heterocycles. The molecule has 132 valence electrons. The van der Waals surface area contributed by atoms with Crippen LogP contribution in [0.2, 0.25) is 0 Å². The number of nitrogens with one attached hydrogen (secondary N) is 1. The van der Waals surface area contributed by atoms with E-state index in [9.17, 15) is 4.79 Å². The summed E-state index contributed by atoms with van der Waals surface area (Å²) >= 11 is 0. The Bertz CT molecular complexity index is 903. The molecule has 0 aliphatic heterocycles. The molecular weight excluding hydrogens is 330 g/mol. The lowest BCUT2D eigenvalue weighted by molar-refractivity contribution is -0.117. The van der Waals surface area contributed by atoms with Crippen LogP contribution in [0.4, 0.5) is 0 Å². The largest absolute Gasteiger partial charge is 0.496 e. The number of rotatable bonds is 6. The van der Waals surface area contributed by atoms with Crippen molar-refractivity contribution in [3.63, 3.8) is 0 Å². The van der Waals surface area contributed by atoms with Gasteiger partial charge in [0, 0.05) is 18.6 Å². The number of para-hydroxylation sites is 1. The number of aromatic nitrogens is 2. The number of carbonyl (C=O) groups is 1. The van der Waals surface area contributed by atoms with Crippen LogP contribution < -0.4 is 10.1 Å². The minimum Gasteiger partial charge on any atom is -0.496 e. The molecule has 2 aromatic carbocycles. The zero-order valence-corrected chi connectivity index (χ0v) is 14.5. The van der Waals surface area contributed by atoms with Crippen molar-refractivity contribution < 1.29 is 14.1 Å². The summed E-state index contributed by atoms with van der Waals surface area (Å²) < 4.78 is 10.5. The molecule has 3 aromatic rings. The number of hydrogen-bond acceptors (Lipinski definition) is 5. The molecule has 0 unspecified atom stereocenters. The number of benzene rings is 2. The van der Waals surface area contributed by atoms with Crippen LogP contribution in [0.25, 0.3) is 6.08 Å². The highest BCUT2D eigenvalue weighted by molar-refractivity contribution is 5.92. The van der Waals surface area contributed by atoms with Gasteiger partial charge in [-0.25, -0.2) is 0 Å². The Morgan fingerprint density at radius 2 is 1.88 bits per heavy atom. The van der Waals surface area contributed by atoms with Gasteiger partial charge in [0.15, 0.2) is 5.82 Å². The fourth-order valence-corrected chi connectivity index (χ4v) is 2.54. The van der Waals surface area contributed by atoms with E-state index in [1.807, 2.05) is 54.6 Å². The van der Waals surface area contributed by atoms with Crippen LogP contribution in [-0.2, 0) is 4.79 Å². The molecule has 0 bridgehead atoms. The third-order valence-electron chi connectivity index (χ3n) is 3.76. The lowest BCUT2D eigenvalue weighted by Gasteiger charge is -2.17. The van der Waals surface area contributed by atoms with Gasteiger partial charge >= 0.3 is 0 Å². The molecule has 26 heavy (non-hydrogen) atoms. The van der Waals surface area contributed by atoms with Gasteiger partial charge in [0.1, 0.15) is 11.8 Å². The first-order valence-electron chi connectivity index (χ1n) is 8.14. The van der Waals surface area contributed by atoms with Gasteiger partial charge in [-0.15, -0.1) is 0 Å². The fourth-order valence-electron chi connectivity index (χ4n) is 2.54. The van der Waals surface area contributed by atoms with E-state index < -0.39 is 6.04 Å². The number of amides is 1. The van der Waals surface area contributed by atoms with Crippen molar-refractivity contribution >= 4 is 12.0 Å². The van der Waals surface area contributed by atoms with Gasteiger partial charge < -0.3 is 14.6 Å². The summed E-state index contributed by atoms with van der Waals surface area (Å²) in [7, 11) is 1.58. The molecule has 0 spiro atoms. The number of hydrogen-bond donors (Lipinski definition) is 1. The van der Waals surface area contributed by atoms with E-state index in [2.05, 4.69) is 15.5 Å². The van der Waals surface area contributed by atoms with E-state index in [0.717, 1.165) is 11.1 Å². The second kappa shape index (κ2) is 8.11. The molecule has 3 rings (SSSR count). The summed E-state index contributed by atoms with van der Waals surface area (Å²) in [5.41, 5.74) is 1.68. The highest BCUT2D eigenvalue weighted by Gasteiger charge is 2.24. The maximum absolute atomic E-state index is 12.5. The van der Waals surface area contributed by atoms with E-state index >= 15 is 0 Å². The zero-order valence-electron chi connectivity index (χ0n) is 14.5. The summed E-state index contributed by atoms with van der Waals surface area (Å²) in [6.45, 7) is 1.70. The van der Waals surface area contributed by atoms with Crippen LogP contribution in [0, 0.1) is 6.92 Å². The summed E-state index contributed by atoms with van der Waals surface area (Å²) in [5, 5.41) is 6.88. The molecule has 1 amide bonds. The van der Waals surface area contributed by atoms with Crippen LogP contribution in [0.15, 0.2) is 65.2 Å². The first-order chi connectivity index (χ1) is 12.7. The SMILES string of the molecule is COc1ccccc1[C@@H](NC(=O)/C=C\c1ccccc1)c1noc(C)n1. The number of ether oxygens (including phenoxy) is 1. The molecule has 0 radical (unpaired) electrons. The van der Waals surface area contributed by atoms with Crippen LogP contribution in [0.1, 0.15) is 28.9 Å². The first-order valence-corrected chi connectivity index (χ1v) is 8.14. The van der Waals surface area contributed by atoms with Gasteiger partial charge in [-0.1, -0.05) is 53.7 Å². The maximum atomic E-state index is 12.5. The fraction of sp³-hybridized carbons (Fsp3) is 0.150. The summed E-state index contributed by atoms with van der Waals surface area (Å²) in [6, 6.07) is 16.4. The molecule has 6 nitrogen and oxygen atoms in total. The van der Waals surface area contributed by atoms with Crippen LogP contribution >= 0.6 is 0 Å². The highest BCUT2D eigenvalue weighted by atomic mass is 16.5. The zero-order chi connectivity index (χ0) is 18.4. The van der Waals surface area contributed by atoms with Gasteiger partial charge in [0.2, 0.25) is 11.8 Å². The molecule has 6 heteroatoms. The van der Waals surface area contributed by atoms with Crippen LogP contribution in [-0.4, -0.2) is 23.2 Å². The lowest BCUT2D eigenvalue weighted by Crippen LogP contribution is -2.29. The Morgan fingerprint density at radius 3 is 2.58 bits per heavy atom.